The molecule has 0 saturated carbocycles. The van der Waals surface area contributed by atoms with Gasteiger partial charge in [0.05, 0.1) is 11.6 Å². The first-order valence-electron chi connectivity index (χ1n) is 4.17. The largest absolute Gasteiger partial charge is 0.320 e. The van der Waals surface area contributed by atoms with Gasteiger partial charge in [0.15, 0.2) is 0 Å². The van der Waals surface area contributed by atoms with E-state index >= 15 is 0 Å². The molecule has 1 aromatic heterocycles. The minimum absolute atomic E-state index is 0.124. The number of thiazole rings is 1. The molecule has 72 valence electrons. The third kappa shape index (κ3) is 1.95. The third-order valence-electron chi connectivity index (χ3n) is 1.97. The van der Waals surface area contributed by atoms with Crippen molar-refractivity contribution in [3.63, 3.8) is 0 Å². The molecule has 2 N–H and O–H groups in total. The van der Waals surface area contributed by atoms with Crippen molar-refractivity contribution < 1.29 is 0 Å². The molecule has 0 bridgehead atoms. The van der Waals surface area contributed by atoms with Crippen LogP contribution in [0.1, 0.15) is 16.5 Å². The van der Waals surface area contributed by atoms with Crippen LogP contribution in [-0.2, 0) is 0 Å². The van der Waals surface area contributed by atoms with E-state index in [9.17, 15) is 0 Å². The molecule has 4 heteroatoms. The van der Waals surface area contributed by atoms with Gasteiger partial charge in [0, 0.05) is 16.1 Å². The summed E-state index contributed by atoms with van der Waals surface area (Å²) in [7, 11) is 0. The van der Waals surface area contributed by atoms with E-state index in [0.717, 1.165) is 10.4 Å². The van der Waals surface area contributed by atoms with Crippen LogP contribution >= 0.6 is 22.9 Å². The Balaban J connectivity index is 2.32. The molecule has 0 aliphatic carbocycles. The van der Waals surface area contributed by atoms with Crippen molar-refractivity contribution >= 4 is 22.9 Å². The summed E-state index contributed by atoms with van der Waals surface area (Å²) >= 11 is 7.44. The fourth-order valence-corrected chi connectivity index (χ4v) is 2.09. The van der Waals surface area contributed by atoms with E-state index in [1.165, 1.54) is 0 Å². The van der Waals surface area contributed by atoms with Gasteiger partial charge in [-0.25, -0.2) is 0 Å². The monoisotopic (exact) mass is 224 g/mol. The summed E-state index contributed by atoms with van der Waals surface area (Å²) in [5.74, 6) is 0. The molecule has 2 aromatic rings. The molecular weight excluding hydrogens is 216 g/mol. The molecule has 0 fully saturated rings. The predicted octanol–water partition coefficient (Wildman–Crippen LogP) is 2.84. The fraction of sp³-hybridized carbons (Fsp3) is 0.100. The molecule has 14 heavy (non-hydrogen) atoms. The van der Waals surface area contributed by atoms with E-state index in [0.29, 0.717) is 5.02 Å². The van der Waals surface area contributed by atoms with Crippen LogP contribution in [0.25, 0.3) is 0 Å². The Bertz CT molecular complexity index is 414. The van der Waals surface area contributed by atoms with Crippen LogP contribution in [0.4, 0.5) is 0 Å². The van der Waals surface area contributed by atoms with Crippen LogP contribution in [0.15, 0.2) is 36.0 Å². The molecular formula is C10H9ClN2S. The maximum atomic E-state index is 6.04. The zero-order valence-corrected chi connectivity index (χ0v) is 8.92. The summed E-state index contributed by atoms with van der Waals surface area (Å²) in [6.07, 6.45) is 1.79. The molecule has 2 rings (SSSR count). The highest BCUT2D eigenvalue weighted by Crippen LogP contribution is 2.24. The van der Waals surface area contributed by atoms with Crippen LogP contribution < -0.4 is 5.73 Å². The molecule has 0 aliphatic rings. The number of hydrogen-bond donors (Lipinski definition) is 1. The topological polar surface area (TPSA) is 38.9 Å². The summed E-state index contributed by atoms with van der Waals surface area (Å²) in [4.78, 5) is 5.05. The van der Waals surface area contributed by atoms with E-state index < -0.39 is 0 Å². The number of aromatic nitrogens is 1. The molecule has 1 atom stereocenters. The highest BCUT2D eigenvalue weighted by molar-refractivity contribution is 7.09. The smallest absolute Gasteiger partial charge is 0.0794 e. The molecule has 1 unspecified atom stereocenters. The second-order valence-corrected chi connectivity index (χ2v) is 4.29. The first-order chi connectivity index (χ1) is 6.77. The number of rotatable bonds is 2. The van der Waals surface area contributed by atoms with E-state index in [4.69, 9.17) is 17.3 Å². The summed E-state index contributed by atoms with van der Waals surface area (Å²) < 4.78 is 0. The zero-order valence-electron chi connectivity index (χ0n) is 7.35. The lowest BCUT2D eigenvalue weighted by Gasteiger charge is -2.09. The maximum Gasteiger partial charge on any atom is 0.0794 e. The van der Waals surface area contributed by atoms with E-state index in [1.807, 2.05) is 24.3 Å². The molecule has 0 radical (unpaired) electrons. The highest BCUT2D eigenvalue weighted by atomic mass is 35.5. The fourth-order valence-electron chi connectivity index (χ4n) is 1.24. The van der Waals surface area contributed by atoms with Crippen molar-refractivity contribution in [3.05, 3.63) is 51.4 Å². The van der Waals surface area contributed by atoms with Crippen molar-refractivity contribution in [1.29, 1.82) is 0 Å². The molecule has 0 amide bonds. The van der Waals surface area contributed by atoms with Crippen molar-refractivity contribution in [2.75, 3.05) is 0 Å². The standard InChI is InChI=1S/C10H9ClN2S/c11-8-3-1-2-7(4-8)10(12)9-5-13-6-14-9/h1-6,10H,12H2. The maximum absolute atomic E-state index is 6.04. The average Bonchev–Trinajstić information content (AvgIpc) is 2.69. The molecule has 1 heterocycles. The van der Waals surface area contributed by atoms with Gasteiger partial charge in [-0.15, -0.1) is 11.3 Å². The summed E-state index contributed by atoms with van der Waals surface area (Å²) in [5.41, 5.74) is 8.83. The van der Waals surface area contributed by atoms with Crippen LogP contribution in [0.3, 0.4) is 0 Å². The minimum atomic E-state index is -0.124. The summed E-state index contributed by atoms with van der Waals surface area (Å²) in [6.45, 7) is 0. The number of halogens is 1. The van der Waals surface area contributed by atoms with Gasteiger partial charge in [-0.05, 0) is 17.7 Å². The van der Waals surface area contributed by atoms with Crippen molar-refractivity contribution in [2.24, 2.45) is 5.73 Å². The van der Waals surface area contributed by atoms with Crippen LogP contribution in [0, 0.1) is 0 Å². The summed E-state index contributed by atoms with van der Waals surface area (Å²) in [6, 6.07) is 7.46. The van der Waals surface area contributed by atoms with Gasteiger partial charge >= 0.3 is 0 Å². The minimum Gasteiger partial charge on any atom is -0.320 e. The Hall–Kier alpha value is -0.900. The second-order valence-electron chi connectivity index (χ2n) is 2.94. The average molecular weight is 225 g/mol. The molecule has 1 aromatic carbocycles. The van der Waals surface area contributed by atoms with Gasteiger partial charge in [-0.2, -0.15) is 0 Å². The Kier molecular flexibility index (Phi) is 2.82. The molecule has 0 aliphatic heterocycles. The SMILES string of the molecule is NC(c1cccc(Cl)c1)c1cncs1. The highest BCUT2D eigenvalue weighted by Gasteiger charge is 2.10. The molecule has 0 spiro atoms. The predicted molar refractivity (Wildman–Crippen MR) is 59.6 cm³/mol. The van der Waals surface area contributed by atoms with Crippen LogP contribution in [-0.4, -0.2) is 4.98 Å². The van der Waals surface area contributed by atoms with Gasteiger partial charge in [0.25, 0.3) is 0 Å². The third-order valence-corrected chi connectivity index (χ3v) is 3.06. The quantitative estimate of drug-likeness (QED) is 0.852. The van der Waals surface area contributed by atoms with Gasteiger partial charge in [0.1, 0.15) is 0 Å². The van der Waals surface area contributed by atoms with Gasteiger partial charge in [-0.3, -0.25) is 4.98 Å². The van der Waals surface area contributed by atoms with Gasteiger partial charge in [0.2, 0.25) is 0 Å². The Morgan fingerprint density at radius 2 is 2.29 bits per heavy atom. The number of benzene rings is 1. The zero-order chi connectivity index (χ0) is 9.97. The van der Waals surface area contributed by atoms with E-state index in [2.05, 4.69) is 4.98 Å². The second kappa shape index (κ2) is 4.09. The van der Waals surface area contributed by atoms with Crippen molar-refractivity contribution in [2.45, 2.75) is 6.04 Å². The van der Waals surface area contributed by atoms with Crippen molar-refractivity contribution in [3.8, 4) is 0 Å². The lowest BCUT2D eigenvalue weighted by atomic mass is 10.1. The summed E-state index contributed by atoms with van der Waals surface area (Å²) in [5, 5.41) is 0.711. The normalized spacial score (nSPS) is 12.7. The Labute approximate surface area is 91.4 Å². The Morgan fingerprint density at radius 3 is 2.93 bits per heavy atom. The van der Waals surface area contributed by atoms with Crippen molar-refractivity contribution in [1.82, 2.24) is 4.98 Å². The van der Waals surface area contributed by atoms with Gasteiger partial charge < -0.3 is 5.73 Å². The lowest BCUT2D eigenvalue weighted by molar-refractivity contribution is 0.889. The first-order valence-corrected chi connectivity index (χ1v) is 5.42. The first kappa shape index (κ1) is 9.65. The molecule has 2 nitrogen and oxygen atoms in total. The van der Waals surface area contributed by atoms with Crippen LogP contribution in [0.2, 0.25) is 5.02 Å². The number of hydrogen-bond acceptors (Lipinski definition) is 3. The molecule has 0 saturated heterocycles. The Morgan fingerprint density at radius 1 is 1.43 bits per heavy atom. The van der Waals surface area contributed by atoms with E-state index in [-0.39, 0.29) is 6.04 Å². The van der Waals surface area contributed by atoms with E-state index in [1.54, 1.807) is 23.0 Å². The van der Waals surface area contributed by atoms with Crippen LogP contribution in [0.5, 0.6) is 0 Å². The number of nitrogens with zero attached hydrogens (tertiary/aromatic N) is 1. The lowest BCUT2D eigenvalue weighted by Crippen LogP contribution is -2.09. The number of nitrogens with two attached hydrogens (primary N) is 1. The van der Waals surface area contributed by atoms with Gasteiger partial charge in [-0.1, -0.05) is 23.7 Å².